The van der Waals surface area contributed by atoms with Gasteiger partial charge in [0.1, 0.15) is 12.4 Å². The first-order valence-electron chi connectivity index (χ1n) is 8.29. The highest BCUT2D eigenvalue weighted by Crippen LogP contribution is 2.31. The SMILES string of the molecule is Cc1cc(CO)oc1C(=O)N1CCCCC1C1CCOCC1. The number of aryl methyl sites for hydroxylation is 1. The zero-order chi connectivity index (χ0) is 15.5. The summed E-state index contributed by atoms with van der Waals surface area (Å²) in [4.78, 5) is 14.9. The number of furan rings is 1. The Labute approximate surface area is 131 Å². The maximum absolute atomic E-state index is 12.9. The van der Waals surface area contributed by atoms with Gasteiger partial charge >= 0.3 is 0 Å². The van der Waals surface area contributed by atoms with Gasteiger partial charge in [-0.05, 0) is 51.0 Å². The minimum atomic E-state index is -0.169. The number of aliphatic hydroxyl groups excluding tert-OH is 1. The van der Waals surface area contributed by atoms with Gasteiger partial charge in [0.2, 0.25) is 0 Å². The summed E-state index contributed by atoms with van der Waals surface area (Å²) >= 11 is 0. The Hall–Kier alpha value is -1.33. The van der Waals surface area contributed by atoms with E-state index >= 15 is 0 Å². The molecule has 1 aromatic heterocycles. The van der Waals surface area contributed by atoms with E-state index in [1.54, 1.807) is 6.07 Å². The second-order valence-electron chi connectivity index (χ2n) is 6.39. The van der Waals surface area contributed by atoms with Crippen molar-refractivity contribution in [2.75, 3.05) is 19.8 Å². The van der Waals surface area contributed by atoms with Gasteiger partial charge in [-0.3, -0.25) is 4.79 Å². The molecular formula is C17H25NO4. The number of hydrogen-bond acceptors (Lipinski definition) is 4. The van der Waals surface area contributed by atoms with Crippen LogP contribution in [0.15, 0.2) is 10.5 Å². The van der Waals surface area contributed by atoms with Crippen molar-refractivity contribution < 1.29 is 19.1 Å². The van der Waals surface area contributed by atoms with Crippen molar-refractivity contribution in [2.45, 2.75) is 51.7 Å². The lowest BCUT2D eigenvalue weighted by atomic mass is 9.85. The van der Waals surface area contributed by atoms with Crippen LogP contribution in [0.25, 0.3) is 0 Å². The largest absolute Gasteiger partial charge is 0.453 e. The molecule has 1 aromatic rings. The van der Waals surface area contributed by atoms with Gasteiger partial charge in [-0.25, -0.2) is 0 Å². The van der Waals surface area contributed by atoms with E-state index in [0.29, 0.717) is 23.5 Å². The van der Waals surface area contributed by atoms with E-state index in [9.17, 15) is 9.90 Å². The maximum Gasteiger partial charge on any atom is 0.290 e. The van der Waals surface area contributed by atoms with Crippen LogP contribution in [-0.2, 0) is 11.3 Å². The van der Waals surface area contributed by atoms with E-state index < -0.39 is 0 Å². The molecule has 1 atom stereocenters. The average molecular weight is 307 g/mol. The highest BCUT2D eigenvalue weighted by molar-refractivity contribution is 5.93. The third-order valence-corrected chi connectivity index (χ3v) is 4.94. The molecule has 1 N–H and O–H groups in total. The highest BCUT2D eigenvalue weighted by atomic mass is 16.5. The molecule has 2 saturated heterocycles. The van der Waals surface area contributed by atoms with Crippen LogP contribution in [0.1, 0.15) is 54.0 Å². The van der Waals surface area contributed by atoms with Gasteiger partial charge in [-0.1, -0.05) is 0 Å². The van der Waals surface area contributed by atoms with Crippen LogP contribution >= 0.6 is 0 Å². The first-order chi connectivity index (χ1) is 10.7. The molecule has 2 aliphatic rings. The maximum atomic E-state index is 12.9. The first-order valence-corrected chi connectivity index (χ1v) is 8.29. The number of aliphatic hydroxyl groups is 1. The third-order valence-electron chi connectivity index (χ3n) is 4.94. The van der Waals surface area contributed by atoms with Crippen molar-refractivity contribution in [2.24, 2.45) is 5.92 Å². The van der Waals surface area contributed by atoms with Gasteiger partial charge in [0, 0.05) is 31.4 Å². The molecule has 0 bridgehead atoms. The van der Waals surface area contributed by atoms with Gasteiger partial charge < -0.3 is 19.2 Å². The first kappa shape index (κ1) is 15.6. The summed E-state index contributed by atoms with van der Waals surface area (Å²) < 4.78 is 11.0. The Morgan fingerprint density at radius 1 is 1.32 bits per heavy atom. The van der Waals surface area contributed by atoms with Crippen molar-refractivity contribution in [1.29, 1.82) is 0 Å². The van der Waals surface area contributed by atoms with Crippen molar-refractivity contribution >= 4 is 5.91 Å². The number of carbonyl (C=O) groups excluding carboxylic acids is 1. The highest BCUT2D eigenvalue weighted by Gasteiger charge is 2.35. The standard InChI is InChI=1S/C17H25NO4/c1-12-10-14(11-19)22-16(12)17(20)18-7-3-2-4-15(18)13-5-8-21-9-6-13/h10,13,15,19H,2-9,11H2,1H3. The van der Waals surface area contributed by atoms with Gasteiger partial charge in [0.25, 0.3) is 5.91 Å². The summed E-state index contributed by atoms with van der Waals surface area (Å²) in [6.45, 7) is 4.10. The van der Waals surface area contributed by atoms with Gasteiger partial charge in [0.15, 0.2) is 5.76 Å². The van der Waals surface area contributed by atoms with E-state index in [1.165, 1.54) is 6.42 Å². The van der Waals surface area contributed by atoms with Crippen LogP contribution in [0.3, 0.4) is 0 Å². The van der Waals surface area contributed by atoms with E-state index in [0.717, 1.165) is 51.0 Å². The second kappa shape index (κ2) is 6.84. The van der Waals surface area contributed by atoms with E-state index in [2.05, 4.69) is 0 Å². The summed E-state index contributed by atoms with van der Waals surface area (Å²) in [5.41, 5.74) is 0.811. The summed E-state index contributed by atoms with van der Waals surface area (Å²) in [5, 5.41) is 9.19. The minimum absolute atomic E-state index is 0.0200. The van der Waals surface area contributed by atoms with Crippen LogP contribution in [0.4, 0.5) is 0 Å². The van der Waals surface area contributed by atoms with Gasteiger partial charge in [0.05, 0.1) is 0 Å². The lowest BCUT2D eigenvalue weighted by Crippen LogP contribution is -2.48. The van der Waals surface area contributed by atoms with Crippen molar-refractivity contribution in [3.8, 4) is 0 Å². The Kier molecular flexibility index (Phi) is 4.84. The number of hydrogen-bond donors (Lipinski definition) is 1. The quantitative estimate of drug-likeness (QED) is 0.932. The average Bonchev–Trinajstić information content (AvgIpc) is 2.96. The Morgan fingerprint density at radius 3 is 2.77 bits per heavy atom. The summed E-state index contributed by atoms with van der Waals surface area (Å²) in [6, 6.07) is 2.05. The lowest BCUT2D eigenvalue weighted by Gasteiger charge is -2.41. The van der Waals surface area contributed by atoms with Crippen molar-refractivity contribution in [3.63, 3.8) is 0 Å². The molecule has 0 radical (unpaired) electrons. The molecular weight excluding hydrogens is 282 g/mol. The number of amides is 1. The normalized spacial score (nSPS) is 23.7. The van der Waals surface area contributed by atoms with Crippen molar-refractivity contribution in [1.82, 2.24) is 4.90 Å². The summed E-state index contributed by atoms with van der Waals surface area (Å²) in [6.07, 6.45) is 5.38. The molecule has 5 heteroatoms. The van der Waals surface area contributed by atoms with E-state index in [4.69, 9.17) is 9.15 Å². The fourth-order valence-corrected chi connectivity index (χ4v) is 3.77. The fourth-order valence-electron chi connectivity index (χ4n) is 3.77. The zero-order valence-corrected chi connectivity index (χ0v) is 13.2. The Balaban J connectivity index is 1.79. The second-order valence-corrected chi connectivity index (χ2v) is 6.39. The van der Waals surface area contributed by atoms with Crippen LogP contribution < -0.4 is 0 Å². The number of likely N-dealkylation sites (tertiary alicyclic amines) is 1. The number of piperidine rings is 1. The van der Waals surface area contributed by atoms with E-state index in [1.807, 2.05) is 11.8 Å². The molecule has 1 unspecified atom stereocenters. The molecule has 122 valence electrons. The van der Waals surface area contributed by atoms with Crippen LogP contribution in [0, 0.1) is 12.8 Å². The molecule has 0 saturated carbocycles. The zero-order valence-electron chi connectivity index (χ0n) is 13.2. The number of carbonyl (C=O) groups is 1. The Bertz CT molecular complexity index is 519. The molecule has 3 rings (SSSR count). The molecule has 0 spiro atoms. The smallest absolute Gasteiger partial charge is 0.290 e. The van der Waals surface area contributed by atoms with Gasteiger partial charge in [-0.15, -0.1) is 0 Å². The minimum Gasteiger partial charge on any atom is -0.453 e. The predicted octanol–water partition coefficient (Wildman–Crippen LogP) is 2.50. The molecule has 5 nitrogen and oxygen atoms in total. The summed E-state index contributed by atoms with van der Waals surface area (Å²) in [7, 11) is 0. The molecule has 0 aliphatic carbocycles. The Morgan fingerprint density at radius 2 is 2.09 bits per heavy atom. The van der Waals surface area contributed by atoms with Crippen molar-refractivity contribution in [3.05, 3.63) is 23.2 Å². The fraction of sp³-hybridized carbons (Fsp3) is 0.706. The topological polar surface area (TPSA) is 62.9 Å². The number of ether oxygens (including phenoxy) is 1. The molecule has 2 aliphatic heterocycles. The summed E-state index contributed by atoms with van der Waals surface area (Å²) in [5.74, 6) is 1.36. The number of nitrogens with zero attached hydrogens (tertiary/aromatic N) is 1. The lowest BCUT2D eigenvalue weighted by molar-refractivity contribution is 0.0115. The molecule has 3 heterocycles. The van der Waals surface area contributed by atoms with Gasteiger partial charge in [-0.2, -0.15) is 0 Å². The van der Waals surface area contributed by atoms with Crippen LogP contribution in [-0.4, -0.2) is 41.7 Å². The molecule has 1 amide bonds. The monoisotopic (exact) mass is 307 g/mol. The van der Waals surface area contributed by atoms with Crippen LogP contribution in [0.2, 0.25) is 0 Å². The molecule has 0 aromatic carbocycles. The molecule has 22 heavy (non-hydrogen) atoms. The number of rotatable bonds is 3. The predicted molar refractivity (Wildman–Crippen MR) is 81.6 cm³/mol. The molecule has 2 fully saturated rings. The third kappa shape index (κ3) is 3.06. The van der Waals surface area contributed by atoms with E-state index in [-0.39, 0.29) is 12.5 Å². The van der Waals surface area contributed by atoms with Crippen LogP contribution in [0.5, 0.6) is 0 Å².